The minimum atomic E-state index is -0.939. The van der Waals surface area contributed by atoms with Crippen LogP contribution in [-0.4, -0.2) is 5.11 Å². The Hall–Kier alpha value is -1.83. The van der Waals surface area contributed by atoms with Crippen molar-refractivity contribution in [2.75, 3.05) is 0 Å². The zero-order valence-corrected chi connectivity index (χ0v) is 12.9. The first-order valence-electron chi connectivity index (χ1n) is 6.97. The van der Waals surface area contributed by atoms with Crippen LogP contribution in [0.4, 0.5) is 0 Å². The van der Waals surface area contributed by atoms with Gasteiger partial charge in [-0.15, -0.1) is 0 Å². The van der Waals surface area contributed by atoms with Crippen molar-refractivity contribution in [3.05, 3.63) is 71.2 Å². The first-order chi connectivity index (χ1) is 9.97. The molecule has 0 aromatic heterocycles. The molecule has 3 aromatic rings. The van der Waals surface area contributed by atoms with E-state index in [1.54, 1.807) is 13.8 Å². The van der Waals surface area contributed by atoms with Crippen LogP contribution in [0.2, 0.25) is 5.02 Å². The Morgan fingerprint density at radius 1 is 0.857 bits per heavy atom. The molecular formula is C19H17ClO. The predicted octanol–water partition coefficient (Wildman–Crippen LogP) is 5.39. The number of halogens is 1. The first kappa shape index (κ1) is 14.1. The summed E-state index contributed by atoms with van der Waals surface area (Å²) in [5, 5.41) is 13.4. The Bertz CT molecular complexity index is 800. The molecule has 2 heteroatoms. The summed E-state index contributed by atoms with van der Waals surface area (Å²) >= 11 is 6.41. The van der Waals surface area contributed by atoms with E-state index in [1.807, 2.05) is 30.3 Å². The summed E-state index contributed by atoms with van der Waals surface area (Å²) in [6, 6.07) is 20.1. The standard InChI is InChI=1S/C19H17ClO/c1-19(2,21)16-8-5-9-17(20)18(16)15-11-10-13-6-3-4-7-14(13)12-15/h3-12,21H,1-2H3. The maximum atomic E-state index is 10.4. The van der Waals surface area contributed by atoms with Crippen molar-refractivity contribution in [3.8, 4) is 11.1 Å². The van der Waals surface area contributed by atoms with Crippen LogP contribution >= 0.6 is 11.6 Å². The van der Waals surface area contributed by atoms with Crippen LogP contribution in [0.15, 0.2) is 60.7 Å². The average Bonchev–Trinajstić information content (AvgIpc) is 2.45. The maximum absolute atomic E-state index is 10.4. The van der Waals surface area contributed by atoms with Gasteiger partial charge in [0.1, 0.15) is 0 Å². The second-order valence-corrected chi connectivity index (χ2v) is 6.19. The summed E-state index contributed by atoms with van der Waals surface area (Å²) in [7, 11) is 0. The van der Waals surface area contributed by atoms with E-state index in [1.165, 1.54) is 5.39 Å². The van der Waals surface area contributed by atoms with Gasteiger partial charge in [-0.3, -0.25) is 0 Å². The highest BCUT2D eigenvalue weighted by Crippen LogP contribution is 2.37. The van der Waals surface area contributed by atoms with Crippen molar-refractivity contribution in [2.45, 2.75) is 19.4 Å². The third-order valence-corrected chi connectivity index (χ3v) is 4.03. The third kappa shape index (κ3) is 2.67. The highest BCUT2D eigenvalue weighted by molar-refractivity contribution is 6.33. The molecule has 0 aliphatic rings. The fraction of sp³-hybridized carbons (Fsp3) is 0.158. The van der Waals surface area contributed by atoms with Crippen molar-refractivity contribution in [1.82, 2.24) is 0 Å². The number of benzene rings is 3. The smallest absolute Gasteiger partial charge is 0.0847 e. The lowest BCUT2D eigenvalue weighted by atomic mass is 9.89. The summed E-state index contributed by atoms with van der Waals surface area (Å²) in [4.78, 5) is 0. The Labute approximate surface area is 129 Å². The second kappa shape index (κ2) is 5.18. The highest BCUT2D eigenvalue weighted by atomic mass is 35.5. The van der Waals surface area contributed by atoms with Crippen molar-refractivity contribution >= 4 is 22.4 Å². The molecule has 21 heavy (non-hydrogen) atoms. The van der Waals surface area contributed by atoms with Gasteiger partial charge in [0.25, 0.3) is 0 Å². The maximum Gasteiger partial charge on any atom is 0.0847 e. The van der Waals surface area contributed by atoms with E-state index in [0.717, 1.165) is 22.1 Å². The largest absolute Gasteiger partial charge is 0.386 e. The summed E-state index contributed by atoms with van der Waals surface area (Å²) in [6.45, 7) is 3.56. The van der Waals surface area contributed by atoms with E-state index in [2.05, 4.69) is 30.3 Å². The molecule has 1 nitrogen and oxygen atoms in total. The molecule has 0 saturated carbocycles. The van der Waals surface area contributed by atoms with Crippen LogP contribution in [0.1, 0.15) is 19.4 Å². The van der Waals surface area contributed by atoms with Crippen LogP contribution < -0.4 is 0 Å². The lowest BCUT2D eigenvalue weighted by Crippen LogP contribution is -2.16. The SMILES string of the molecule is CC(C)(O)c1cccc(Cl)c1-c1ccc2ccccc2c1. The Morgan fingerprint density at radius 3 is 2.29 bits per heavy atom. The summed E-state index contributed by atoms with van der Waals surface area (Å²) in [5.74, 6) is 0. The van der Waals surface area contributed by atoms with Gasteiger partial charge in [0.2, 0.25) is 0 Å². The molecule has 0 aliphatic heterocycles. The van der Waals surface area contributed by atoms with Gasteiger partial charge in [-0.05, 0) is 47.9 Å². The van der Waals surface area contributed by atoms with Crippen molar-refractivity contribution < 1.29 is 5.11 Å². The fourth-order valence-corrected chi connectivity index (χ4v) is 2.96. The minimum Gasteiger partial charge on any atom is -0.386 e. The third-order valence-electron chi connectivity index (χ3n) is 3.71. The number of hydrogen-bond acceptors (Lipinski definition) is 1. The van der Waals surface area contributed by atoms with Crippen LogP contribution in [0.25, 0.3) is 21.9 Å². The number of rotatable bonds is 2. The molecule has 0 heterocycles. The molecule has 3 aromatic carbocycles. The van der Waals surface area contributed by atoms with E-state index in [-0.39, 0.29) is 0 Å². The van der Waals surface area contributed by atoms with Gasteiger partial charge in [0, 0.05) is 10.6 Å². The summed E-state index contributed by atoms with van der Waals surface area (Å²) < 4.78 is 0. The van der Waals surface area contributed by atoms with Gasteiger partial charge in [-0.1, -0.05) is 60.1 Å². The fourth-order valence-electron chi connectivity index (χ4n) is 2.67. The molecule has 1 N–H and O–H groups in total. The van der Waals surface area contributed by atoms with E-state index in [4.69, 9.17) is 11.6 Å². The molecule has 0 amide bonds. The van der Waals surface area contributed by atoms with Crippen molar-refractivity contribution in [2.24, 2.45) is 0 Å². The summed E-state index contributed by atoms with van der Waals surface area (Å²) in [5.41, 5.74) is 1.82. The average molecular weight is 297 g/mol. The minimum absolute atomic E-state index is 0.657. The molecule has 0 radical (unpaired) electrons. The number of fused-ring (bicyclic) bond motifs is 1. The van der Waals surface area contributed by atoms with Crippen LogP contribution in [0, 0.1) is 0 Å². The van der Waals surface area contributed by atoms with E-state index >= 15 is 0 Å². The Kier molecular flexibility index (Phi) is 3.48. The molecular weight excluding hydrogens is 280 g/mol. The number of hydrogen-bond donors (Lipinski definition) is 1. The predicted molar refractivity (Wildman–Crippen MR) is 89.6 cm³/mol. The molecule has 0 atom stereocenters. The highest BCUT2D eigenvalue weighted by Gasteiger charge is 2.22. The quantitative estimate of drug-likeness (QED) is 0.672. The molecule has 3 rings (SSSR count). The topological polar surface area (TPSA) is 20.2 Å². The van der Waals surface area contributed by atoms with Gasteiger partial charge in [0.05, 0.1) is 5.60 Å². The van der Waals surface area contributed by atoms with Crippen molar-refractivity contribution in [1.29, 1.82) is 0 Å². The molecule has 0 aliphatic carbocycles. The lowest BCUT2D eigenvalue weighted by molar-refractivity contribution is 0.0792. The van der Waals surface area contributed by atoms with E-state index in [9.17, 15) is 5.11 Å². The van der Waals surface area contributed by atoms with Crippen LogP contribution in [-0.2, 0) is 5.60 Å². The molecule has 0 bridgehead atoms. The van der Waals surface area contributed by atoms with Gasteiger partial charge in [0.15, 0.2) is 0 Å². The van der Waals surface area contributed by atoms with Gasteiger partial charge in [-0.2, -0.15) is 0 Å². The Balaban J connectivity index is 2.27. The van der Waals surface area contributed by atoms with Gasteiger partial charge in [-0.25, -0.2) is 0 Å². The monoisotopic (exact) mass is 296 g/mol. The zero-order chi connectivity index (χ0) is 15.0. The van der Waals surface area contributed by atoms with Crippen LogP contribution in [0.3, 0.4) is 0 Å². The first-order valence-corrected chi connectivity index (χ1v) is 7.35. The number of aliphatic hydroxyl groups is 1. The van der Waals surface area contributed by atoms with E-state index < -0.39 is 5.60 Å². The van der Waals surface area contributed by atoms with Crippen molar-refractivity contribution in [3.63, 3.8) is 0 Å². The zero-order valence-electron chi connectivity index (χ0n) is 12.1. The molecule has 0 saturated heterocycles. The van der Waals surface area contributed by atoms with Gasteiger partial charge < -0.3 is 5.11 Å². The molecule has 0 unspecified atom stereocenters. The molecule has 0 fully saturated rings. The van der Waals surface area contributed by atoms with Gasteiger partial charge >= 0.3 is 0 Å². The molecule has 0 spiro atoms. The van der Waals surface area contributed by atoms with Crippen LogP contribution in [0.5, 0.6) is 0 Å². The van der Waals surface area contributed by atoms with E-state index in [0.29, 0.717) is 5.02 Å². The summed E-state index contributed by atoms with van der Waals surface area (Å²) in [6.07, 6.45) is 0. The molecule has 106 valence electrons. The normalized spacial score (nSPS) is 11.8. The lowest BCUT2D eigenvalue weighted by Gasteiger charge is -2.23. The Morgan fingerprint density at radius 2 is 1.57 bits per heavy atom. The second-order valence-electron chi connectivity index (χ2n) is 5.78.